The summed E-state index contributed by atoms with van der Waals surface area (Å²) >= 11 is 1.15. The second kappa shape index (κ2) is 3.95. The molecule has 0 spiro atoms. The molecule has 2 aromatic heterocycles. The van der Waals surface area contributed by atoms with Gasteiger partial charge in [-0.3, -0.25) is 4.72 Å². The van der Waals surface area contributed by atoms with Gasteiger partial charge in [0.1, 0.15) is 4.21 Å². The van der Waals surface area contributed by atoms with E-state index in [1.165, 1.54) is 18.3 Å². The Bertz CT molecular complexity index is 522. The van der Waals surface area contributed by atoms with E-state index in [0.717, 1.165) is 11.3 Å². The number of hydrogen-bond acceptors (Lipinski definition) is 5. The van der Waals surface area contributed by atoms with Gasteiger partial charge in [-0.1, -0.05) is 6.07 Å². The van der Waals surface area contributed by atoms with Gasteiger partial charge in [-0.25, -0.2) is 8.42 Å². The van der Waals surface area contributed by atoms with Crippen molar-refractivity contribution < 1.29 is 8.42 Å². The highest BCUT2D eigenvalue weighted by atomic mass is 32.2. The molecule has 0 fully saturated rings. The van der Waals surface area contributed by atoms with Crippen molar-refractivity contribution >= 4 is 27.2 Å². The third kappa shape index (κ3) is 2.31. The lowest BCUT2D eigenvalue weighted by Gasteiger charge is -2.03. The van der Waals surface area contributed by atoms with Gasteiger partial charge in [0.25, 0.3) is 10.0 Å². The topological polar surface area (TPSA) is 72.0 Å². The van der Waals surface area contributed by atoms with E-state index < -0.39 is 10.0 Å². The van der Waals surface area contributed by atoms with Crippen LogP contribution in [0.2, 0.25) is 0 Å². The molecule has 78 valence electrons. The van der Waals surface area contributed by atoms with E-state index in [9.17, 15) is 8.42 Å². The molecule has 0 radical (unpaired) electrons. The van der Waals surface area contributed by atoms with Crippen molar-refractivity contribution in [3.63, 3.8) is 0 Å². The molecule has 0 aliphatic carbocycles. The lowest BCUT2D eigenvalue weighted by molar-refractivity contribution is 0.603. The summed E-state index contributed by atoms with van der Waals surface area (Å²) < 4.78 is 26.0. The van der Waals surface area contributed by atoms with Gasteiger partial charge in [-0.15, -0.1) is 16.4 Å². The van der Waals surface area contributed by atoms with Crippen molar-refractivity contribution in [2.75, 3.05) is 4.72 Å². The van der Waals surface area contributed by atoms with E-state index in [2.05, 4.69) is 14.9 Å². The van der Waals surface area contributed by atoms with Crippen LogP contribution in [0.25, 0.3) is 0 Å². The van der Waals surface area contributed by atoms with Crippen molar-refractivity contribution in [2.24, 2.45) is 0 Å². The Morgan fingerprint density at radius 3 is 2.73 bits per heavy atom. The summed E-state index contributed by atoms with van der Waals surface area (Å²) in [7, 11) is -3.50. The largest absolute Gasteiger partial charge is 0.272 e. The van der Waals surface area contributed by atoms with Crippen LogP contribution < -0.4 is 4.72 Å². The first-order chi connectivity index (χ1) is 7.18. The minimum Gasteiger partial charge on any atom is -0.261 e. The van der Waals surface area contributed by atoms with Crippen LogP contribution in [-0.2, 0) is 10.0 Å². The first kappa shape index (κ1) is 10.1. The maximum absolute atomic E-state index is 11.7. The quantitative estimate of drug-likeness (QED) is 0.880. The Morgan fingerprint density at radius 1 is 1.27 bits per heavy atom. The number of nitrogens with one attached hydrogen (secondary N) is 1. The zero-order chi connectivity index (χ0) is 10.7. The molecule has 2 aromatic rings. The maximum Gasteiger partial charge on any atom is 0.272 e. The second-order valence-corrected chi connectivity index (χ2v) is 5.50. The predicted molar refractivity (Wildman–Crippen MR) is 57.2 cm³/mol. The number of aromatic nitrogens is 2. The number of nitrogens with zero attached hydrogens (tertiary/aromatic N) is 2. The Morgan fingerprint density at radius 2 is 2.13 bits per heavy atom. The minimum absolute atomic E-state index is 0.214. The van der Waals surface area contributed by atoms with Crippen LogP contribution in [0.15, 0.2) is 40.1 Å². The van der Waals surface area contributed by atoms with E-state index in [-0.39, 0.29) is 10.0 Å². The summed E-state index contributed by atoms with van der Waals surface area (Å²) in [6.07, 6.45) is 1.48. The standard InChI is InChI=1S/C8H7N3O2S2/c12-15(13,8-4-2-6-14-8)11-7-3-1-5-9-10-7/h1-6H,(H,10,11). The third-order valence-electron chi connectivity index (χ3n) is 1.57. The average molecular weight is 241 g/mol. The van der Waals surface area contributed by atoms with Crippen molar-refractivity contribution in [2.45, 2.75) is 4.21 Å². The minimum atomic E-state index is -3.50. The average Bonchev–Trinajstić information content (AvgIpc) is 2.71. The highest BCUT2D eigenvalue weighted by molar-refractivity contribution is 7.94. The van der Waals surface area contributed by atoms with Gasteiger partial charge in [0, 0.05) is 6.20 Å². The van der Waals surface area contributed by atoms with Crippen molar-refractivity contribution in [1.29, 1.82) is 0 Å². The Kier molecular flexibility index (Phi) is 2.65. The number of thiophene rings is 1. The van der Waals surface area contributed by atoms with E-state index in [4.69, 9.17) is 0 Å². The molecule has 2 rings (SSSR count). The van der Waals surface area contributed by atoms with E-state index in [1.807, 2.05) is 0 Å². The van der Waals surface area contributed by atoms with Gasteiger partial charge in [0.15, 0.2) is 5.82 Å². The predicted octanol–water partition coefficient (Wildman–Crippen LogP) is 1.34. The fourth-order valence-corrected chi connectivity index (χ4v) is 2.95. The zero-order valence-corrected chi connectivity index (χ0v) is 9.12. The fourth-order valence-electron chi connectivity index (χ4n) is 0.960. The SMILES string of the molecule is O=S(=O)(Nc1cccnn1)c1cccs1. The molecule has 0 unspecified atom stereocenters. The second-order valence-electron chi connectivity index (χ2n) is 2.65. The van der Waals surface area contributed by atoms with Crippen LogP contribution in [-0.4, -0.2) is 18.6 Å². The molecular weight excluding hydrogens is 234 g/mol. The Balaban J connectivity index is 2.27. The monoisotopic (exact) mass is 241 g/mol. The van der Waals surface area contributed by atoms with Crippen LogP contribution in [0, 0.1) is 0 Å². The molecule has 0 aliphatic heterocycles. The van der Waals surface area contributed by atoms with E-state index in [0.29, 0.717) is 0 Å². The van der Waals surface area contributed by atoms with Crippen molar-refractivity contribution in [3.05, 3.63) is 35.8 Å². The van der Waals surface area contributed by atoms with E-state index in [1.54, 1.807) is 17.5 Å². The molecule has 0 amide bonds. The van der Waals surface area contributed by atoms with Crippen LogP contribution in [0.4, 0.5) is 5.82 Å². The zero-order valence-electron chi connectivity index (χ0n) is 7.49. The van der Waals surface area contributed by atoms with Gasteiger partial charge < -0.3 is 0 Å². The highest BCUT2D eigenvalue weighted by Crippen LogP contribution is 2.18. The molecule has 2 heterocycles. The molecule has 15 heavy (non-hydrogen) atoms. The molecule has 0 saturated carbocycles. The van der Waals surface area contributed by atoms with Crippen LogP contribution >= 0.6 is 11.3 Å². The first-order valence-corrected chi connectivity index (χ1v) is 6.39. The molecule has 0 atom stereocenters. The third-order valence-corrected chi connectivity index (χ3v) is 4.32. The molecule has 5 nitrogen and oxygen atoms in total. The Hall–Kier alpha value is -1.47. The first-order valence-electron chi connectivity index (χ1n) is 4.02. The number of hydrogen-bond donors (Lipinski definition) is 1. The lowest BCUT2D eigenvalue weighted by Crippen LogP contribution is -2.12. The smallest absolute Gasteiger partial charge is 0.261 e. The van der Waals surface area contributed by atoms with Crippen molar-refractivity contribution in [3.8, 4) is 0 Å². The molecule has 7 heteroatoms. The summed E-state index contributed by atoms with van der Waals surface area (Å²) in [6.45, 7) is 0. The normalized spacial score (nSPS) is 11.2. The highest BCUT2D eigenvalue weighted by Gasteiger charge is 2.15. The molecule has 0 aromatic carbocycles. The van der Waals surface area contributed by atoms with Gasteiger partial charge in [0.2, 0.25) is 0 Å². The Labute approximate surface area is 90.8 Å². The molecule has 1 N–H and O–H groups in total. The molecule has 0 saturated heterocycles. The maximum atomic E-state index is 11.7. The van der Waals surface area contributed by atoms with Crippen LogP contribution in [0.1, 0.15) is 0 Å². The van der Waals surface area contributed by atoms with Crippen LogP contribution in [0.3, 0.4) is 0 Å². The molecule has 0 bridgehead atoms. The van der Waals surface area contributed by atoms with Gasteiger partial charge in [0.05, 0.1) is 0 Å². The summed E-state index contributed by atoms with van der Waals surface area (Å²) in [5.74, 6) is 0.214. The summed E-state index contributed by atoms with van der Waals surface area (Å²) in [6, 6.07) is 6.36. The van der Waals surface area contributed by atoms with Gasteiger partial charge in [-0.2, -0.15) is 5.10 Å². The summed E-state index contributed by atoms with van der Waals surface area (Å²) in [4.78, 5) is 0. The molecule has 0 aliphatic rings. The van der Waals surface area contributed by atoms with Gasteiger partial charge in [-0.05, 0) is 23.6 Å². The number of rotatable bonds is 3. The number of sulfonamides is 1. The van der Waals surface area contributed by atoms with Crippen molar-refractivity contribution in [1.82, 2.24) is 10.2 Å². The molecular formula is C8H7N3O2S2. The summed E-state index contributed by atoms with van der Waals surface area (Å²) in [5.41, 5.74) is 0. The summed E-state index contributed by atoms with van der Waals surface area (Å²) in [5, 5.41) is 8.91. The van der Waals surface area contributed by atoms with Gasteiger partial charge >= 0.3 is 0 Å². The van der Waals surface area contributed by atoms with Crippen LogP contribution in [0.5, 0.6) is 0 Å². The fraction of sp³-hybridized carbons (Fsp3) is 0. The number of anilines is 1. The lowest BCUT2D eigenvalue weighted by atomic mass is 10.6. The van der Waals surface area contributed by atoms with E-state index >= 15 is 0 Å².